The first kappa shape index (κ1) is 15.3. The number of anilines is 1. The fourth-order valence-corrected chi connectivity index (χ4v) is 3.70. The Morgan fingerprint density at radius 2 is 1.70 bits per heavy atom. The average Bonchev–Trinajstić information content (AvgIpc) is 3.10. The van der Waals surface area contributed by atoms with Crippen molar-refractivity contribution in [2.75, 3.05) is 31.2 Å². The van der Waals surface area contributed by atoms with E-state index in [1.165, 1.54) is 0 Å². The van der Waals surface area contributed by atoms with E-state index in [1.807, 2.05) is 48.5 Å². The van der Waals surface area contributed by atoms with Gasteiger partial charge in [-0.3, -0.25) is 0 Å². The highest BCUT2D eigenvalue weighted by molar-refractivity contribution is 7.17. The van der Waals surface area contributed by atoms with E-state index in [-0.39, 0.29) is 5.57 Å². The SMILES string of the molecule is N#CC(C#N)=C(c1ccccc1)c1ccc(N2CCOCC2)s1. The molecule has 2 heterocycles. The van der Waals surface area contributed by atoms with Gasteiger partial charge in [0, 0.05) is 23.5 Å². The van der Waals surface area contributed by atoms with Crippen LogP contribution in [-0.2, 0) is 4.74 Å². The summed E-state index contributed by atoms with van der Waals surface area (Å²) in [6.45, 7) is 3.20. The van der Waals surface area contributed by atoms with Crippen LogP contribution < -0.4 is 4.90 Å². The minimum absolute atomic E-state index is 0.145. The Morgan fingerprint density at radius 3 is 2.35 bits per heavy atom. The first-order chi connectivity index (χ1) is 11.3. The maximum Gasteiger partial charge on any atom is 0.138 e. The second-order valence-corrected chi connectivity index (χ2v) is 6.14. The van der Waals surface area contributed by atoms with Gasteiger partial charge in [-0.15, -0.1) is 11.3 Å². The van der Waals surface area contributed by atoms with Gasteiger partial charge in [0.25, 0.3) is 0 Å². The molecule has 1 saturated heterocycles. The molecule has 5 heteroatoms. The molecule has 2 aromatic rings. The zero-order valence-electron chi connectivity index (χ0n) is 12.5. The maximum atomic E-state index is 9.32. The first-order valence-corrected chi connectivity index (χ1v) is 8.18. The van der Waals surface area contributed by atoms with Crippen LogP contribution >= 0.6 is 11.3 Å². The van der Waals surface area contributed by atoms with Crippen molar-refractivity contribution in [1.29, 1.82) is 10.5 Å². The zero-order chi connectivity index (χ0) is 16.1. The summed E-state index contributed by atoms with van der Waals surface area (Å²) in [4.78, 5) is 3.22. The molecule has 1 aliphatic heterocycles. The number of ether oxygens (including phenoxy) is 1. The summed E-state index contributed by atoms with van der Waals surface area (Å²) in [6.07, 6.45) is 0. The van der Waals surface area contributed by atoms with E-state index < -0.39 is 0 Å². The Kier molecular flexibility index (Phi) is 4.73. The fourth-order valence-electron chi connectivity index (χ4n) is 2.57. The molecular formula is C18H15N3OS. The number of hydrogen-bond acceptors (Lipinski definition) is 5. The van der Waals surface area contributed by atoms with Gasteiger partial charge >= 0.3 is 0 Å². The van der Waals surface area contributed by atoms with Crippen molar-refractivity contribution < 1.29 is 4.74 Å². The van der Waals surface area contributed by atoms with Gasteiger partial charge in [0.15, 0.2) is 0 Å². The fraction of sp³-hybridized carbons (Fsp3) is 0.222. The minimum Gasteiger partial charge on any atom is -0.378 e. The summed E-state index contributed by atoms with van der Waals surface area (Å²) >= 11 is 1.61. The van der Waals surface area contributed by atoms with E-state index >= 15 is 0 Å². The molecular weight excluding hydrogens is 306 g/mol. The molecule has 0 radical (unpaired) electrons. The molecule has 0 atom stereocenters. The van der Waals surface area contributed by atoms with Gasteiger partial charge in [-0.25, -0.2) is 0 Å². The number of thiophene rings is 1. The molecule has 1 fully saturated rings. The molecule has 0 saturated carbocycles. The molecule has 4 nitrogen and oxygen atoms in total. The molecule has 0 N–H and O–H groups in total. The second-order valence-electron chi connectivity index (χ2n) is 5.08. The van der Waals surface area contributed by atoms with Gasteiger partial charge in [-0.05, 0) is 17.7 Å². The van der Waals surface area contributed by atoms with Crippen LogP contribution in [0.5, 0.6) is 0 Å². The molecule has 1 aromatic carbocycles. The van der Waals surface area contributed by atoms with E-state index in [2.05, 4.69) is 11.0 Å². The maximum absolute atomic E-state index is 9.32. The van der Waals surface area contributed by atoms with Gasteiger partial charge in [0.2, 0.25) is 0 Å². The number of benzene rings is 1. The molecule has 23 heavy (non-hydrogen) atoms. The predicted octanol–water partition coefficient (Wildman–Crippen LogP) is 3.43. The zero-order valence-corrected chi connectivity index (χ0v) is 13.3. The lowest BCUT2D eigenvalue weighted by atomic mass is 10.00. The highest BCUT2D eigenvalue weighted by Gasteiger charge is 2.17. The summed E-state index contributed by atoms with van der Waals surface area (Å²) in [5.74, 6) is 0. The summed E-state index contributed by atoms with van der Waals surface area (Å²) in [5.41, 5.74) is 1.74. The molecule has 0 bridgehead atoms. The van der Waals surface area contributed by atoms with Gasteiger partial charge in [0.1, 0.15) is 17.7 Å². The lowest BCUT2D eigenvalue weighted by Gasteiger charge is -2.27. The van der Waals surface area contributed by atoms with E-state index in [9.17, 15) is 10.5 Å². The van der Waals surface area contributed by atoms with Crippen LogP contribution in [0.1, 0.15) is 10.4 Å². The minimum atomic E-state index is 0.145. The van der Waals surface area contributed by atoms with Crippen molar-refractivity contribution in [1.82, 2.24) is 0 Å². The Morgan fingerprint density at radius 1 is 1.00 bits per heavy atom. The van der Waals surface area contributed by atoms with Crippen molar-refractivity contribution in [3.63, 3.8) is 0 Å². The highest BCUT2D eigenvalue weighted by atomic mass is 32.1. The summed E-state index contributed by atoms with van der Waals surface area (Å²) in [5, 5.41) is 19.8. The molecule has 0 amide bonds. The average molecular weight is 321 g/mol. The normalized spacial score (nSPS) is 13.9. The second kappa shape index (κ2) is 7.11. The smallest absolute Gasteiger partial charge is 0.138 e. The van der Waals surface area contributed by atoms with Gasteiger partial charge in [-0.1, -0.05) is 30.3 Å². The van der Waals surface area contributed by atoms with Gasteiger partial charge in [-0.2, -0.15) is 10.5 Å². The molecule has 0 aliphatic carbocycles. The van der Waals surface area contributed by atoms with Crippen LogP contribution in [0.15, 0.2) is 48.0 Å². The summed E-state index contributed by atoms with van der Waals surface area (Å²) in [7, 11) is 0. The van der Waals surface area contributed by atoms with Gasteiger partial charge < -0.3 is 9.64 Å². The lowest BCUT2D eigenvalue weighted by molar-refractivity contribution is 0.123. The standard InChI is InChI=1S/C18H15N3OS/c19-12-15(13-20)18(14-4-2-1-3-5-14)16-6-7-17(23-16)21-8-10-22-11-9-21/h1-7H,8-11H2. The first-order valence-electron chi connectivity index (χ1n) is 7.36. The third-order valence-electron chi connectivity index (χ3n) is 3.70. The van der Waals surface area contributed by atoms with E-state index in [0.29, 0.717) is 5.57 Å². The summed E-state index contributed by atoms with van der Waals surface area (Å²) in [6, 6.07) is 17.7. The summed E-state index contributed by atoms with van der Waals surface area (Å²) < 4.78 is 5.39. The van der Waals surface area contributed by atoms with Gasteiger partial charge in [0.05, 0.1) is 18.2 Å². The number of nitriles is 2. The lowest BCUT2D eigenvalue weighted by Crippen LogP contribution is -2.35. The Balaban J connectivity index is 2.02. The number of morpholine rings is 1. The van der Waals surface area contributed by atoms with Crippen molar-refractivity contribution in [2.24, 2.45) is 0 Å². The van der Waals surface area contributed by atoms with Crippen molar-refractivity contribution in [2.45, 2.75) is 0 Å². The van der Waals surface area contributed by atoms with E-state index in [0.717, 1.165) is 41.7 Å². The van der Waals surface area contributed by atoms with Crippen LogP contribution in [0.25, 0.3) is 5.57 Å². The van der Waals surface area contributed by atoms with Crippen molar-refractivity contribution in [3.05, 3.63) is 58.5 Å². The Labute approximate surface area is 139 Å². The van der Waals surface area contributed by atoms with E-state index in [4.69, 9.17) is 4.74 Å². The number of hydrogen-bond donors (Lipinski definition) is 0. The number of nitrogens with zero attached hydrogens (tertiary/aromatic N) is 3. The highest BCUT2D eigenvalue weighted by Crippen LogP contribution is 2.36. The monoisotopic (exact) mass is 321 g/mol. The van der Waals surface area contributed by atoms with Crippen LogP contribution in [-0.4, -0.2) is 26.3 Å². The van der Waals surface area contributed by atoms with Crippen LogP contribution in [0.3, 0.4) is 0 Å². The third-order valence-corrected chi connectivity index (χ3v) is 4.86. The Hall–Kier alpha value is -2.60. The molecule has 1 aliphatic rings. The van der Waals surface area contributed by atoms with Crippen molar-refractivity contribution in [3.8, 4) is 12.1 Å². The molecule has 1 aromatic heterocycles. The Bertz CT molecular complexity index is 774. The number of allylic oxidation sites excluding steroid dienone is 1. The molecule has 3 rings (SSSR count). The molecule has 0 spiro atoms. The van der Waals surface area contributed by atoms with Crippen LogP contribution in [0, 0.1) is 22.7 Å². The topological polar surface area (TPSA) is 60.0 Å². The number of rotatable bonds is 3. The molecule has 114 valence electrons. The predicted molar refractivity (Wildman–Crippen MR) is 91.0 cm³/mol. The molecule has 0 unspecified atom stereocenters. The quantitative estimate of drug-likeness (QED) is 0.813. The van der Waals surface area contributed by atoms with Crippen LogP contribution in [0.4, 0.5) is 5.00 Å². The van der Waals surface area contributed by atoms with E-state index in [1.54, 1.807) is 11.3 Å². The largest absolute Gasteiger partial charge is 0.378 e. The van der Waals surface area contributed by atoms with Crippen molar-refractivity contribution >= 4 is 21.9 Å². The van der Waals surface area contributed by atoms with Crippen LogP contribution in [0.2, 0.25) is 0 Å². The third kappa shape index (κ3) is 3.27.